The molecule has 1 amide bonds. The maximum atomic E-state index is 15.4. The average molecular weight is 552 g/mol. The molecule has 3 aromatic heterocycles. The zero-order valence-corrected chi connectivity index (χ0v) is 23.0. The molecule has 208 valence electrons. The largest absolute Gasteiger partial charge is 0.457 e. The number of amides is 1. The Balaban J connectivity index is 1.24. The Kier molecular flexibility index (Phi) is 7.05. The van der Waals surface area contributed by atoms with Gasteiger partial charge in [-0.15, -0.1) is 0 Å². The van der Waals surface area contributed by atoms with Crippen molar-refractivity contribution in [1.29, 1.82) is 0 Å². The van der Waals surface area contributed by atoms with E-state index in [1.54, 1.807) is 12.4 Å². The van der Waals surface area contributed by atoms with E-state index in [2.05, 4.69) is 26.8 Å². The van der Waals surface area contributed by atoms with Crippen LogP contribution in [-0.4, -0.2) is 48.4 Å². The predicted molar refractivity (Wildman–Crippen MR) is 156 cm³/mol. The molecule has 0 radical (unpaired) electrons. The number of hydrogen-bond donors (Lipinski definition) is 1. The molecule has 5 aromatic rings. The molecule has 1 unspecified atom stereocenters. The summed E-state index contributed by atoms with van der Waals surface area (Å²) in [5.41, 5.74) is 4.93. The molecule has 0 spiro atoms. The fraction of sp³-hybridized carbons (Fsp3) is 0.258. The van der Waals surface area contributed by atoms with Crippen LogP contribution in [0.2, 0.25) is 0 Å². The van der Waals surface area contributed by atoms with Crippen LogP contribution in [0.3, 0.4) is 0 Å². The van der Waals surface area contributed by atoms with Crippen LogP contribution >= 0.6 is 0 Å². The quantitative estimate of drug-likeness (QED) is 0.252. The Labute approximate surface area is 236 Å². The first-order valence-corrected chi connectivity index (χ1v) is 13.6. The molecular formula is C31H30FN7O2. The van der Waals surface area contributed by atoms with Crippen LogP contribution in [0.15, 0.2) is 67.8 Å². The van der Waals surface area contributed by atoms with E-state index >= 15 is 4.39 Å². The van der Waals surface area contributed by atoms with Crippen molar-refractivity contribution in [3.8, 4) is 11.5 Å². The van der Waals surface area contributed by atoms with Crippen LogP contribution in [0.1, 0.15) is 36.4 Å². The molecule has 10 heteroatoms. The molecule has 4 heterocycles. The third-order valence-corrected chi connectivity index (χ3v) is 7.58. The van der Waals surface area contributed by atoms with Crippen molar-refractivity contribution in [3.63, 3.8) is 0 Å². The lowest BCUT2D eigenvalue weighted by Gasteiger charge is -2.18. The van der Waals surface area contributed by atoms with Crippen LogP contribution < -0.4 is 10.1 Å². The van der Waals surface area contributed by atoms with Gasteiger partial charge in [0.15, 0.2) is 5.82 Å². The number of likely N-dealkylation sites (tertiary alicyclic amines) is 1. The fourth-order valence-electron chi connectivity index (χ4n) is 5.32. The van der Waals surface area contributed by atoms with Gasteiger partial charge in [0.05, 0.1) is 28.6 Å². The maximum Gasteiger partial charge on any atom is 0.245 e. The Bertz CT molecular complexity index is 1780. The minimum atomic E-state index is -0.483. The van der Waals surface area contributed by atoms with E-state index in [1.807, 2.05) is 53.8 Å². The second-order valence-electron chi connectivity index (χ2n) is 10.3. The minimum absolute atomic E-state index is 0.0417. The Hall–Kier alpha value is -4.86. The number of aromatic nitrogens is 5. The Morgan fingerprint density at radius 2 is 1.98 bits per heavy atom. The topological polar surface area (TPSA) is 98.1 Å². The third kappa shape index (κ3) is 5.32. The third-order valence-electron chi connectivity index (χ3n) is 7.58. The SMILES string of the molecule is C=CC(=O)N1CCCC(c2ccc3ncnc(Nc4cc(C)c(Oc5ccc6c(c5)ncn6C)cc4F)c3n2)CC1. The predicted octanol–water partition coefficient (Wildman–Crippen LogP) is 6.18. The zero-order chi connectivity index (χ0) is 28.5. The summed E-state index contributed by atoms with van der Waals surface area (Å²) in [6, 6.07) is 12.5. The van der Waals surface area contributed by atoms with Gasteiger partial charge in [-0.3, -0.25) is 4.79 Å². The van der Waals surface area contributed by atoms with E-state index in [1.165, 1.54) is 18.5 Å². The molecule has 1 aliphatic rings. The van der Waals surface area contributed by atoms with Crippen LogP contribution in [0.4, 0.5) is 15.9 Å². The van der Waals surface area contributed by atoms with Crippen molar-refractivity contribution < 1.29 is 13.9 Å². The number of carbonyl (C=O) groups excluding carboxylic acids is 1. The lowest BCUT2D eigenvalue weighted by Crippen LogP contribution is -2.30. The van der Waals surface area contributed by atoms with E-state index in [4.69, 9.17) is 9.72 Å². The van der Waals surface area contributed by atoms with Gasteiger partial charge in [0, 0.05) is 43.9 Å². The highest BCUT2D eigenvalue weighted by Crippen LogP contribution is 2.34. The average Bonchev–Trinajstić information content (AvgIpc) is 3.17. The molecule has 1 atom stereocenters. The van der Waals surface area contributed by atoms with E-state index < -0.39 is 5.82 Å². The first-order valence-electron chi connectivity index (χ1n) is 13.6. The number of fused-ring (bicyclic) bond motifs is 2. The summed E-state index contributed by atoms with van der Waals surface area (Å²) < 4.78 is 23.3. The molecule has 1 N–H and O–H groups in total. The number of benzene rings is 2. The number of carbonyl (C=O) groups is 1. The van der Waals surface area contributed by atoms with Crippen molar-refractivity contribution in [2.45, 2.75) is 32.1 Å². The zero-order valence-electron chi connectivity index (χ0n) is 23.0. The summed E-state index contributed by atoms with van der Waals surface area (Å²) in [6.07, 6.45) is 7.15. The van der Waals surface area contributed by atoms with Crippen LogP contribution in [0.25, 0.3) is 22.1 Å². The standard InChI is InChI=1S/C31H30FN7O2/c1-4-29(40)39-12-5-6-20(11-13-39)23-8-9-24-30(36-23)31(34-17-33-24)37-25-14-19(2)28(16-22(25)32)41-21-7-10-27-26(15-21)35-18-38(27)3/h4,7-10,14-18,20H,1,5-6,11-13H2,2-3H3,(H,33,34,37). The van der Waals surface area contributed by atoms with Crippen molar-refractivity contribution >= 4 is 39.5 Å². The number of nitrogens with zero attached hydrogens (tertiary/aromatic N) is 6. The van der Waals surface area contributed by atoms with Gasteiger partial charge in [0.25, 0.3) is 0 Å². The van der Waals surface area contributed by atoms with Gasteiger partial charge in [-0.2, -0.15) is 0 Å². The second kappa shape index (κ2) is 11.0. The molecule has 1 fully saturated rings. The summed E-state index contributed by atoms with van der Waals surface area (Å²) in [5.74, 6) is 1.07. The Morgan fingerprint density at radius 3 is 2.83 bits per heavy atom. The smallest absolute Gasteiger partial charge is 0.245 e. The van der Waals surface area contributed by atoms with Gasteiger partial charge in [-0.1, -0.05) is 6.58 Å². The summed E-state index contributed by atoms with van der Waals surface area (Å²) in [7, 11) is 1.93. The molecule has 9 nitrogen and oxygen atoms in total. The summed E-state index contributed by atoms with van der Waals surface area (Å²) in [4.78, 5) is 32.0. The lowest BCUT2D eigenvalue weighted by molar-refractivity contribution is -0.125. The van der Waals surface area contributed by atoms with Crippen molar-refractivity contribution in [2.24, 2.45) is 7.05 Å². The van der Waals surface area contributed by atoms with Gasteiger partial charge in [-0.05, 0) is 68.2 Å². The maximum absolute atomic E-state index is 15.4. The number of halogens is 1. The van der Waals surface area contributed by atoms with Gasteiger partial charge in [0.2, 0.25) is 5.91 Å². The Morgan fingerprint density at radius 1 is 1.10 bits per heavy atom. The highest BCUT2D eigenvalue weighted by atomic mass is 19.1. The number of imidazole rings is 1. The van der Waals surface area contributed by atoms with Gasteiger partial charge >= 0.3 is 0 Å². The molecule has 41 heavy (non-hydrogen) atoms. The number of aryl methyl sites for hydroxylation is 2. The van der Waals surface area contributed by atoms with E-state index in [0.717, 1.165) is 41.6 Å². The van der Waals surface area contributed by atoms with Crippen LogP contribution in [0.5, 0.6) is 11.5 Å². The first-order chi connectivity index (χ1) is 19.9. The summed E-state index contributed by atoms with van der Waals surface area (Å²) in [5, 5.41) is 3.13. The van der Waals surface area contributed by atoms with Gasteiger partial charge in [-0.25, -0.2) is 24.3 Å². The number of pyridine rings is 1. The molecule has 0 saturated carbocycles. The molecule has 1 saturated heterocycles. The van der Waals surface area contributed by atoms with E-state index in [-0.39, 0.29) is 17.5 Å². The first kappa shape index (κ1) is 26.4. The van der Waals surface area contributed by atoms with E-state index in [0.29, 0.717) is 41.4 Å². The van der Waals surface area contributed by atoms with Crippen LogP contribution in [0, 0.1) is 12.7 Å². The second-order valence-corrected chi connectivity index (χ2v) is 10.3. The minimum Gasteiger partial charge on any atom is -0.457 e. The van der Waals surface area contributed by atoms with Crippen molar-refractivity contribution in [3.05, 3.63) is 84.8 Å². The number of ether oxygens (including phenoxy) is 1. The molecule has 0 bridgehead atoms. The molecule has 2 aromatic carbocycles. The van der Waals surface area contributed by atoms with Crippen molar-refractivity contribution in [1.82, 2.24) is 29.4 Å². The van der Waals surface area contributed by atoms with Gasteiger partial charge in [0.1, 0.15) is 29.2 Å². The van der Waals surface area contributed by atoms with Gasteiger partial charge < -0.3 is 19.5 Å². The summed E-state index contributed by atoms with van der Waals surface area (Å²) in [6.45, 7) is 6.83. The number of hydrogen-bond acceptors (Lipinski definition) is 7. The highest BCUT2D eigenvalue weighted by Gasteiger charge is 2.22. The van der Waals surface area contributed by atoms with Crippen molar-refractivity contribution in [2.75, 3.05) is 18.4 Å². The lowest BCUT2D eigenvalue weighted by atomic mass is 9.96. The molecule has 6 rings (SSSR count). The molecule has 1 aliphatic heterocycles. The van der Waals surface area contributed by atoms with E-state index in [9.17, 15) is 4.79 Å². The number of anilines is 2. The number of nitrogens with one attached hydrogen (secondary N) is 1. The monoisotopic (exact) mass is 551 g/mol. The molecular weight excluding hydrogens is 521 g/mol. The molecule has 0 aliphatic carbocycles. The normalized spacial score (nSPS) is 15.6. The number of rotatable bonds is 6. The van der Waals surface area contributed by atoms with Crippen LogP contribution in [-0.2, 0) is 11.8 Å². The highest BCUT2D eigenvalue weighted by molar-refractivity contribution is 5.88. The fourth-order valence-corrected chi connectivity index (χ4v) is 5.32. The summed E-state index contributed by atoms with van der Waals surface area (Å²) >= 11 is 0.